The molecule has 0 saturated carbocycles. The Hall–Kier alpha value is -2.52. The fourth-order valence-electron chi connectivity index (χ4n) is 4.19. The number of benzene rings is 1. The van der Waals surface area contributed by atoms with Gasteiger partial charge >= 0.3 is 0 Å². The number of carbonyl (C=O) groups excluding carboxylic acids is 1. The molecule has 11 heteroatoms. The Labute approximate surface area is 210 Å². The molecule has 0 spiro atoms. The molecule has 1 atom stereocenters. The number of amides is 1. The summed E-state index contributed by atoms with van der Waals surface area (Å²) < 4.78 is 9.25. The summed E-state index contributed by atoms with van der Waals surface area (Å²) in [6, 6.07) is 7.69. The quantitative estimate of drug-likeness (QED) is 0.420. The molecular weight excluding hydrogens is 487 g/mol. The molecule has 1 aliphatic heterocycles. The van der Waals surface area contributed by atoms with Crippen molar-refractivity contribution < 1.29 is 9.53 Å². The Balaban J connectivity index is 0.00000128. The minimum atomic E-state index is -0.185. The number of fused-ring (bicyclic) bond motifs is 2. The number of methoxy groups -OCH3 is 1. The average Bonchev–Trinajstić information content (AvgIpc) is 3.47. The van der Waals surface area contributed by atoms with Crippen LogP contribution in [0.2, 0.25) is 0 Å². The van der Waals surface area contributed by atoms with Crippen molar-refractivity contribution in [3.8, 4) is 5.75 Å². The summed E-state index contributed by atoms with van der Waals surface area (Å²) in [7, 11) is 3.49. The average molecular weight is 514 g/mol. The first-order valence-corrected chi connectivity index (χ1v) is 10.1. The van der Waals surface area contributed by atoms with Gasteiger partial charge in [0.1, 0.15) is 0 Å². The third kappa shape index (κ3) is 4.89. The van der Waals surface area contributed by atoms with Gasteiger partial charge in [0.05, 0.1) is 35.7 Å². The second kappa shape index (κ2) is 10.6. The van der Waals surface area contributed by atoms with Gasteiger partial charge < -0.3 is 19.8 Å². The van der Waals surface area contributed by atoms with Gasteiger partial charge in [0.15, 0.2) is 11.4 Å². The van der Waals surface area contributed by atoms with Gasteiger partial charge in [-0.05, 0) is 38.4 Å². The van der Waals surface area contributed by atoms with E-state index < -0.39 is 0 Å². The number of hydrogen-bond acceptors (Lipinski definition) is 5. The van der Waals surface area contributed by atoms with Gasteiger partial charge in [-0.15, -0.1) is 37.2 Å². The van der Waals surface area contributed by atoms with Crippen LogP contribution in [0.15, 0.2) is 36.7 Å². The molecule has 1 aliphatic rings. The fraction of sp³-hybridized carbons (Fsp3) is 0.318. The van der Waals surface area contributed by atoms with E-state index in [1.807, 2.05) is 49.0 Å². The van der Waals surface area contributed by atoms with Crippen LogP contribution in [0.3, 0.4) is 0 Å². The number of nitrogens with zero attached hydrogens (tertiary/aromatic N) is 4. The Bertz CT molecular complexity index is 1280. The van der Waals surface area contributed by atoms with E-state index in [2.05, 4.69) is 15.7 Å². The summed E-state index contributed by atoms with van der Waals surface area (Å²) in [5.41, 5.74) is 4.83. The highest BCUT2D eigenvalue weighted by Crippen LogP contribution is 2.29. The first kappa shape index (κ1) is 26.7. The summed E-state index contributed by atoms with van der Waals surface area (Å²) in [6.07, 6.45) is 6.10. The van der Waals surface area contributed by atoms with E-state index in [0.717, 1.165) is 47.3 Å². The molecule has 1 aromatic carbocycles. The minimum absolute atomic E-state index is 0. The van der Waals surface area contributed by atoms with Crippen LogP contribution < -0.4 is 15.4 Å². The predicted molar refractivity (Wildman–Crippen MR) is 137 cm³/mol. The van der Waals surface area contributed by atoms with Crippen molar-refractivity contribution in [2.45, 2.75) is 25.8 Å². The second-order valence-corrected chi connectivity index (χ2v) is 7.74. The zero-order chi connectivity index (χ0) is 20.8. The van der Waals surface area contributed by atoms with Crippen molar-refractivity contribution >= 4 is 65.4 Å². The number of pyridine rings is 1. The van der Waals surface area contributed by atoms with Crippen molar-refractivity contribution in [3.05, 3.63) is 53.6 Å². The maximum atomic E-state index is 12.9. The molecule has 4 aromatic rings. The standard InChI is InChI=1S/C22H24N6O2.3ClH/c1-13-16-7-6-14(9-19(16)27(2)26-13)22(29)24-15-10-20(30-3)21-25-18(12-28(21)11-15)17-5-4-8-23-17;;;/h6-7,9-12,17,23H,4-5,8H2,1-3H3,(H,24,29);3*1H/t17-;;;/m1.../s1. The fourth-order valence-corrected chi connectivity index (χ4v) is 4.19. The zero-order valence-corrected chi connectivity index (χ0v) is 20.9. The van der Waals surface area contributed by atoms with Crippen LogP contribution >= 0.6 is 37.2 Å². The van der Waals surface area contributed by atoms with Crippen molar-refractivity contribution in [1.82, 2.24) is 24.5 Å². The topological polar surface area (TPSA) is 85.5 Å². The summed E-state index contributed by atoms with van der Waals surface area (Å²) in [4.78, 5) is 17.7. The van der Waals surface area contributed by atoms with Gasteiger partial charge in [-0.3, -0.25) is 9.48 Å². The summed E-state index contributed by atoms with van der Waals surface area (Å²) >= 11 is 0. The number of anilines is 1. The van der Waals surface area contributed by atoms with Gasteiger partial charge in [-0.25, -0.2) is 4.98 Å². The summed E-state index contributed by atoms with van der Waals surface area (Å²) in [5, 5.41) is 11.9. The number of aryl methyl sites for hydroxylation is 2. The lowest BCUT2D eigenvalue weighted by Gasteiger charge is -2.09. The lowest BCUT2D eigenvalue weighted by Crippen LogP contribution is -2.13. The van der Waals surface area contributed by atoms with Crippen LogP contribution in [0, 0.1) is 6.92 Å². The zero-order valence-electron chi connectivity index (χ0n) is 18.5. The lowest BCUT2D eigenvalue weighted by molar-refractivity contribution is 0.102. The third-order valence-corrected chi connectivity index (χ3v) is 5.73. The maximum Gasteiger partial charge on any atom is 0.255 e. The van der Waals surface area contributed by atoms with Gasteiger partial charge in [0.25, 0.3) is 5.91 Å². The van der Waals surface area contributed by atoms with Crippen LogP contribution in [0.25, 0.3) is 16.6 Å². The van der Waals surface area contributed by atoms with Crippen LogP contribution in [-0.4, -0.2) is 38.7 Å². The van der Waals surface area contributed by atoms with Crippen molar-refractivity contribution in [1.29, 1.82) is 0 Å². The predicted octanol–water partition coefficient (Wildman–Crippen LogP) is 4.48. The molecule has 4 heterocycles. The monoisotopic (exact) mass is 512 g/mol. The van der Waals surface area contributed by atoms with Crippen molar-refractivity contribution in [3.63, 3.8) is 0 Å². The Morgan fingerprint density at radius 3 is 2.70 bits per heavy atom. The number of carbonyl (C=O) groups is 1. The molecule has 1 saturated heterocycles. The number of nitrogens with one attached hydrogen (secondary N) is 2. The third-order valence-electron chi connectivity index (χ3n) is 5.73. The first-order valence-electron chi connectivity index (χ1n) is 10.1. The number of hydrogen-bond donors (Lipinski definition) is 2. The highest BCUT2D eigenvalue weighted by atomic mass is 35.5. The van der Waals surface area contributed by atoms with Crippen molar-refractivity contribution in [2.75, 3.05) is 19.0 Å². The Kier molecular flexibility index (Phi) is 8.59. The molecule has 33 heavy (non-hydrogen) atoms. The minimum Gasteiger partial charge on any atom is -0.493 e. The number of imidazole rings is 1. The molecule has 178 valence electrons. The molecule has 1 fully saturated rings. The van der Waals surface area contributed by atoms with E-state index >= 15 is 0 Å². The smallest absolute Gasteiger partial charge is 0.255 e. The van der Waals surface area contributed by atoms with E-state index in [-0.39, 0.29) is 49.2 Å². The molecule has 3 aromatic heterocycles. The number of rotatable bonds is 4. The molecule has 0 unspecified atom stereocenters. The first-order chi connectivity index (χ1) is 14.5. The maximum absolute atomic E-state index is 12.9. The van der Waals surface area contributed by atoms with Crippen LogP contribution in [-0.2, 0) is 7.05 Å². The number of halogens is 3. The van der Waals surface area contributed by atoms with Crippen molar-refractivity contribution in [2.24, 2.45) is 7.05 Å². The Morgan fingerprint density at radius 2 is 2.00 bits per heavy atom. The van der Waals surface area contributed by atoms with Crippen LogP contribution in [0.1, 0.15) is 40.6 Å². The SMILES string of the molecule is COc1cc(NC(=O)c2ccc3c(C)nn(C)c3c2)cn2cc([C@H]3CCCN3)nc12.Cl.Cl.Cl. The van der Waals surface area contributed by atoms with Crippen LogP contribution in [0.4, 0.5) is 5.69 Å². The number of aromatic nitrogens is 4. The largest absolute Gasteiger partial charge is 0.493 e. The van der Waals surface area contributed by atoms with Gasteiger partial charge in [-0.2, -0.15) is 5.10 Å². The van der Waals surface area contributed by atoms with Gasteiger partial charge in [0.2, 0.25) is 0 Å². The summed E-state index contributed by atoms with van der Waals surface area (Å²) in [5.74, 6) is 0.435. The molecule has 8 nitrogen and oxygen atoms in total. The molecule has 1 amide bonds. The summed E-state index contributed by atoms with van der Waals surface area (Å²) in [6.45, 7) is 2.97. The molecule has 5 rings (SSSR count). The van der Waals surface area contributed by atoms with Gasteiger partial charge in [0, 0.05) is 36.5 Å². The number of ether oxygens (including phenoxy) is 1. The molecule has 2 N–H and O–H groups in total. The van der Waals surface area contributed by atoms with E-state index in [9.17, 15) is 4.79 Å². The van der Waals surface area contributed by atoms with E-state index in [4.69, 9.17) is 9.72 Å². The molecule has 0 bridgehead atoms. The molecule has 0 aliphatic carbocycles. The highest BCUT2D eigenvalue weighted by molar-refractivity contribution is 6.06. The molecule has 0 radical (unpaired) electrons. The van der Waals surface area contributed by atoms with E-state index in [1.165, 1.54) is 0 Å². The molecular formula is C22H27Cl3N6O2. The normalized spacial score (nSPS) is 14.9. The van der Waals surface area contributed by atoms with Gasteiger partial charge in [-0.1, -0.05) is 6.07 Å². The second-order valence-electron chi connectivity index (χ2n) is 7.74. The lowest BCUT2D eigenvalue weighted by atomic mass is 10.1. The Morgan fingerprint density at radius 1 is 1.21 bits per heavy atom. The van der Waals surface area contributed by atoms with E-state index in [0.29, 0.717) is 17.0 Å². The highest BCUT2D eigenvalue weighted by Gasteiger charge is 2.21. The van der Waals surface area contributed by atoms with E-state index in [1.54, 1.807) is 17.9 Å². The van der Waals surface area contributed by atoms with Crippen LogP contribution in [0.5, 0.6) is 5.75 Å².